The lowest BCUT2D eigenvalue weighted by molar-refractivity contribution is 0.304. The summed E-state index contributed by atoms with van der Waals surface area (Å²) in [5.41, 5.74) is 3.30. The van der Waals surface area contributed by atoms with Gasteiger partial charge in [0, 0.05) is 30.3 Å². The summed E-state index contributed by atoms with van der Waals surface area (Å²) in [6.07, 6.45) is 6.17. The Bertz CT molecular complexity index is 970. The highest BCUT2D eigenvalue weighted by Gasteiger charge is 2.40. The molecule has 0 aliphatic carbocycles. The number of aromatic nitrogens is 2. The van der Waals surface area contributed by atoms with E-state index in [0.29, 0.717) is 6.61 Å². The van der Waals surface area contributed by atoms with Crippen molar-refractivity contribution < 1.29 is 4.74 Å². The van der Waals surface area contributed by atoms with Crippen LogP contribution >= 0.6 is 12.2 Å². The van der Waals surface area contributed by atoms with E-state index < -0.39 is 0 Å². The quantitative estimate of drug-likeness (QED) is 0.517. The predicted molar refractivity (Wildman–Crippen MR) is 124 cm³/mol. The maximum absolute atomic E-state index is 5.75. The molecule has 30 heavy (non-hydrogen) atoms. The molecule has 5 nitrogen and oxygen atoms in total. The first-order chi connectivity index (χ1) is 14.7. The van der Waals surface area contributed by atoms with Crippen LogP contribution in [0, 0.1) is 0 Å². The molecule has 3 heterocycles. The Balaban J connectivity index is 1.73. The highest BCUT2D eigenvalue weighted by molar-refractivity contribution is 7.80. The summed E-state index contributed by atoms with van der Waals surface area (Å²) in [6.45, 7) is 5.79. The van der Waals surface area contributed by atoms with E-state index in [-0.39, 0.29) is 12.1 Å². The van der Waals surface area contributed by atoms with Crippen molar-refractivity contribution in [1.29, 1.82) is 0 Å². The molecule has 1 aromatic carbocycles. The van der Waals surface area contributed by atoms with Crippen molar-refractivity contribution in [3.63, 3.8) is 0 Å². The first kappa shape index (κ1) is 20.4. The van der Waals surface area contributed by atoms with Gasteiger partial charge in [-0.1, -0.05) is 19.4 Å². The van der Waals surface area contributed by atoms with E-state index in [4.69, 9.17) is 17.0 Å². The summed E-state index contributed by atoms with van der Waals surface area (Å²) in [7, 11) is 0. The van der Waals surface area contributed by atoms with Gasteiger partial charge in [-0.05, 0) is 74.1 Å². The van der Waals surface area contributed by atoms with Crippen LogP contribution < -0.4 is 10.1 Å². The van der Waals surface area contributed by atoms with Crippen LogP contribution in [-0.4, -0.2) is 32.7 Å². The van der Waals surface area contributed by atoms with Gasteiger partial charge in [0.2, 0.25) is 0 Å². The van der Waals surface area contributed by atoms with Crippen LogP contribution in [0.5, 0.6) is 5.75 Å². The largest absolute Gasteiger partial charge is 0.494 e. The number of hydrogen-bond donors (Lipinski definition) is 1. The van der Waals surface area contributed by atoms with Gasteiger partial charge < -0.3 is 19.5 Å². The van der Waals surface area contributed by atoms with Crippen LogP contribution in [-0.2, 0) is 0 Å². The van der Waals surface area contributed by atoms with Crippen LogP contribution in [0.1, 0.15) is 50.2 Å². The van der Waals surface area contributed by atoms with Crippen LogP contribution in [0.2, 0.25) is 0 Å². The third kappa shape index (κ3) is 4.05. The molecule has 1 saturated heterocycles. The van der Waals surface area contributed by atoms with Gasteiger partial charge in [-0.2, -0.15) is 0 Å². The highest BCUT2D eigenvalue weighted by atomic mass is 32.1. The first-order valence-corrected chi connectivity index (χ1v) is 11.0. The zero-order valence-corrected chi connectivity index (χ0v) is 18.3. The second-order valence-corrected chi connectivity index (χ2v) is 7.79. The first-order valence-electron chi connectivity index (χ1n) is 10.6. The lowest BCUT2D eigenvalue weighted by atomic mass is 10.0. The van der Waals surface area contributed by atoms with Gasteiger partial charge in [-0.25, -0.2) is 0 Å². The van der Waals surface area contributed by atoms with Crippen LogP contribution in [0.3, 0.4) is 0 Å². The zero-order chi connectivity index (χ0) is 20.9. The normalized spacial score (nSPS) is 18.5. The third-order valence-electron chi connectivity index (χ3n) is 5.46. The second kappa shape index (κ2) is 9.30. The van der Waals surface area contributed by atoms with Crippen molar-refractivity contribution in [2.45, 2.75) is 38.8 Å². The molecule has 1 fully saturated rings. The van der Waals surface area contributed by atoms with Gasteiger partial charge in [0.25, 0.3) is 0 Å². The average Bonchev–Trinajstić information content (AvgIpc) is 3.38. The van der Waals surface area contributed by atoms with E-state index in [2.05, 4.69) is 63.2 Å². The molecule has 0 bridgehead atoms. The van der Waals surface area contributed by atoms with E-state index in [1.54, 1.807) is 0 Å². The number of nitrogens with one attached hydrogen (secondary N) is 1. The highest BCUT2D eigenvalue weighted by Crippen LogP contribution is 2.39. The van der Waals surface area contributed by atoms with Gasteiger partial charge in [0.05, 0.1) is 24.4 Å². The number of hydrogen-bond acceptors (Lipinski definition) is 3. The Morgan fingerprint density at radius 3 is 2.60 bits per heavy atom. The number of thiocarbonyl (C=S) groups is 1. The fraction of sp³-hybridized carbons (Fsp3) is 0.333. The molecule has 4 rings (SSSR count). The van der Waals surface area contributed by atoms with E-state index >= 15 is 0 Å². The van der Waals surface area contributed by atoms with Gasteiger partial charge in [-0.15, -0.1) is 0 Å². The number of nitrogens with zero attached hydrogens (tertiary/aromatic N) is 3. The molecule has 0 radical (unpaired) electrons. The van der Waals surface area contributed by atoms with Crippen molar-refractivity contribution in [3.05, 3.63) is 78.4 Å². The minimum absolute atomic E-state index is 0.00639. The SMILES string of the molecule is CCCCN1C(=S)NC(c2ccccn2)C1c1cccn1-c1ccc(OCC)cc1. The van der Waals surface area contributed by atoms with Crippen molar-refractivity contribution in [2.24, 2.45) is 0 Å². The Morgan fingerprint density at radius 2 is 1.90 bits per heavy atom. The molecular weight excluding hydrogens is 392 g/mol. The van der Waals surface area contributed by atoms with Crippen LogP contribution in [0.15, 0.2) is 67.0 Å². The number of benzene rings is 1. The third-order valence-corrected chi connectivity index (χ3v) is 5.81. The minimum Gasteiger partial charge on any atom is -0.494 e. The summed E-state index contributed by atoms with van der Waals surface area (Å²) < 4.78 is 7.85. The van der Waals surface area contributed by atoms with Crippen LogP contribution in [0.25, 0.3) is 5.69 Å². The maximum atomic E-state index is 5.75. The summed E-state index contributed by atoms with van der Waals surface area (Å²) in [5, 5.41) is 4.33. The molecule has 156 valence electrons. The molecule has 6 heteroatoms. The average molecular weight is 421 g/mol. The van der Waals surface area contributed by atoms with Crippen molar-refractivity contribution in [3.8, 4) is 11.4 Å². The minimum atomic E-state index is 0.00639. The second-order valence-electron chi connectivity index (χ2n) is 7.40. The molecule has 0 spiro atoms. The topological polar surface area (TPSA) is 42.3 Å². The number of rotatable bonds is 8. The lowest BCUT2D eigenvalue weighted by Crippen LogP contribution is -2.31. The van der Waals surface area contributed by atoms with Crippen molar-refractivity contribution in [1.82, 2.24) is 19.8 Å². The summed E-state index contributed by atoms with van der Waals surface area (Å²) in [5.74, 6) is 0.884. The van der Waals surface area contributed by atoms with Gasteiger partial charge >= 0.3 is 0 Å². The zero-order valence-electron chi connectivity index (χ0n) is 17.5. The van der Waals surface area contributed by atoms with Crippen LogP contribution in [0.4, 0.5) is 0 Å². The Morgan fingerprint density at radius 1 is 1.07 bits per heavy atom. The molecule has 1 aliphatic rings. The molecule has 2 atom stereocenters. The molecular formula is C24H28N4OS. The molecule has 0 amide bonds. The van der Waals surface area contributed by atoms with Crippen molar-refractivity contribution >= 4 is 17.3 Å². The van der Waals surface area contributed by atoms with Crippen molar-refractivity contribution in [2.75, 3.05) is 13.2 Å². The maximum Gasteiger partial charge on any atom is 0.170 e. The molecule has 1 aliphatic heterocycles. The standard InChI is InChI=1S/C24H28N4OS/c1-3-5-16-28-23(22(26-24(28)30)20-9-6-7-15-25-20)21-10-8-17-27(21)18-11-13-19(14-12-18)29-4-2/h6-15,17,22-23H,3-5,16H2,1-2H3,(H,26,30). The summed E-state index contributed by atoms with van der Waals surface area (Å²) in [6, 6.07) is 18.6. The van der Waals surface area contributed by atoms with Gasteiger partial charge in [0.1, 0.15) is 5.75 Å². The molecule has 2 aromatic heterocycles. The van der Waals surface area contributed by atoms with E-state index in [1.165, 1.54) is 5.69 Å². The fourth-order valence-electron chi connectivity index (χ4n) is 4.04. The number of pyridine rings is 1. The fourth-order valence-corrected chi connectivity index (χ4v) is 4.37. The van der Waals surface area contributed by atoms with E-state index in [9.17, 15) is 0 Å². The number of unbranched alkanes of at least 4 members (excludes halogenated alkanes) is 1. The molecule has 0 saturated carbocycles. The van der Waals surface area contributed by atoms with E-state index in [1.807, 2.05) is 37.4 Å². The monoisotopic (exact) mass is 420 g/mol. The molecule has 2 unspecified atom stereocenters. The van der Waals surface area contributed by atoms with E-state index in [0.717, 1.165) is 41.6 Å². The smallest absolute Gasteiger partial charge is 0.170 e. The number of ether oxygens (including phenoxy) is 1. The summed E-state index contributed by atoms with van der Waals surface area (Å²) in [4.78, 5) is 6.95. The molecule has 1 N–H and O–H groups in total. The Hall–Kier alpha value is -2.86. The Labute approximate surface area is 183 Å². The Kier molecular flexibility index (Phi) is 6.33. The molecule has 3 aromatic rings. The van der Waals surface area contributed by atoms with Gasteiger partial charge in [-0.3, -0.25) is 4.98 Å². The van der Waals surface area contributed by atoms with Gasteiger partial charge in [0.15, 0.2) is 5.11 Å². The lowest BCUT2D eigenvalue weighted by Gasteiger charge is -2.29. The predicted octanol–water partition coefficient (Wildman–Crippen LogP) is 5.04. The summed E-state index contributed by atoms with van der Waals surface area (Å²) >= 11 is 5.75.